The molecule has 3 rings (SSSR count). The van der Waals surface area contributed by atoms with E-state index in [4.69, 9.17) is 0 Å². The Hall–Kier alpha value is -2.11. The van der Waals surface area contributed by atoms with Gasteiger partial charge in [0.1, 0.15) is 5.69 Å². The molecule has 2 aliphatic rings. The average molecular weight is 302 g/mol. The van der Waals surface area contributed by atoms with Crippen molar-refractivity contribution in [1.82, 2.24) is 19.6 Å². The molecule has 3 heterocycles. The van der Waals surface area contributed by atoms with Crippen molar-refractivity contribution in [2.45, 2.75) is 19.3 Å². The molecule has 2 saturated heterocycles. The lowest BCUT2D eigenvalue weighted by molar-refractivity contribution is -0.137. The predicted molar refractivity (Wildman–Crippen MR) is 82.2 cm³/mol. The summed E-state index contributed by atoms with van der Waals surface area (Å²) in [6.07, 6.45) is 5.96. The highest BCUT2D eigenvalue weighted by molar-refractivity contribution is 5.93. The van der Waals surface area contributed by atoms with E-state index in [1.807, 2.05) is 9.80 Å². The first-order valence-corrected chi connectivity index (χ1v) is 7.75. The van der Waals surface area contributed by atoms with Crippen LogP contribution in [0.25, 0.3) is 0 Å². The first kappa shape index (κ1) is 14.8. The van der Waals surface area contributed by atoms with Gasteiger partial charge in [0, 0.05) is 39.4 Å². The number of amides is 2. The van der Waals surface area contributed by atoms with Crippen molar-refractivity contribution < 1.29 is 9.59 Å². The lowest BCUT2D eigenvalue weighted by Crippen LogP contribution is -2.50. The molecule has 1 aromatic rings. The fourth-order valence-electron chi connectivity index (χ4n) is 3.65. The molecule has 1 atom stereocenters. The van der Waals surface area contributed by atoms with E-state index in [0.29, 0.717) is 25.3 Å². The Labute approximate surface area is 130 Å². The molecule has 2 amide bonds. The largest absolute Gasteiger partial charge is 0.338 e. The average Bonchev–Trinajstić information content (AvgIpc) is 3.07. The van der Waals surface area contributed by atoms with E-state index in [1.54, 1.807) is 30.1 Å². The van der Waals surface area contributed by atoms with Gasteiger partial charge in [0.25, 0.3) is 5.91 Å². The van der Waals surface area contributed by atoms with Gasteiger partial charge in [-0.1, -0.05) is 6.08 Å². The van der Waals surface area contributed by atoms with Crippen LogP contribution in [-0.2, 0) is 11.8 Å². The van der Waals surface area contributed by atoms with Crippen molar-refractivity contribution in [2.75, 3.05) is 26.2 Å². The number of piperidine rings is 1. The molecule has 1 unspecified atom stereocenters. The highest BCUT2D eigenvalue weighted by atomic mass is 16.2. The number of aryl methyl sites for hydroxylation is 1. The van der Waals surface area contributed by atoms with Crippen LogP contribution in [0, 0.1) is 5.41 Å². The van der Waals surface area contributed by atoms with Gasteiger partial charge in [-0.2, -0.15) is 5.10 Å². The summed E-state index contributed by atoms with van der Waals surface area (Å²) < 4.78 is 1.59. The maximum absolute atomic E-state index is 12.7. The van der Waals surface area contributed by atoms with E-state index in [2.05, 4.69) is 11.7 Å². The Kier molecular flexibility index (Phi) is 3.76. The molecule has 118 valence electrons. The minimum absolute atomic E-state index is 0.0333. The number of rotatable bonds is 3. The van der Waals surface area contributed by atoms with Gasteiger partial charge < -0.3 is 9.80 Å². The van der Waals surface area contributed by atoms with Crippen molar-refractivity contribution in [2.24, 2.45) is 12.5 Å². The normalized spacial score (nSPS) is 25.0. The number of nitrogens with zero attached hydrogens (tertiary/aromatic N) is 4. The third-order valence-corrected chi connectivity index (χ3v) is 4.85. The molecule has 0 radical (unpaired) electrons. The van der Waals surface area contributed by atoms with Crippen molar-refractivity contribution in [1.29, 1.82) is 0 Å². The summed E-state index contributed by atoms with van der Waals surface area (Å²) in [7, 11) is 1.76. The highest BCUT2D eigenvalue weighted by Gasteiger charge is 2.49. The monoisotopic (exact) mass is 302 g/mol. The Morgan fingerprint density at radius 2 is 2.27 bits per heavy atom. The second-order valence-electron chi connectivity index (χ2n) is 6.24. The van der Waals surface area contributed by atoms with Gasteiger partial charge in [0.05, 0.1) is 5.41 Å². The Morgan fingerprint density at radius 1 is 1.45 bits per heavy atom. The van der Waals surface area contributed by atoms with E-state index in [9.17, 15) is 9.59 Å². The van der Waals surface area contributed by atoms with Crippen LogP contribution < -0.4 is 0 Å². The summed E-state index contributed by atoms with van der Waals surface area (Å²) in [5.74, 6) is 0.143. The zero-order valence-electron chi connectivity index (χ0n) is 13.0. The van der Waals surface area contributed by atoms with Crippen molar-refractivity contribution in [3.63, 3.8) is 0 Å². The molecule has 2 fully saturated rings. The molecule has 1 aromatic heterocycles. The van der Waals surface area contributed by atoms with Crippen LogP contribution in [0.15, 0.2) is 24.9 Å². The van der Waals surface area contributed by atoms with Crippen LogP contribution in [0.1, 0.15) is 29.8 Å². The summed E-state index contributed by atoms with van der Waals surface area (Å²) in [5.41, 5.74) is 0.181. The second kappa shape index (κ2) is 5.59. The lowest BCUT2D eigenvalue weighted by atomic mass is 9.78. The minimum Gasteiger partial charge on any atom is -0.338 e. The molecule has 6 nitrogen and oxygen atoms in total. The summed E-state index contributed by atoms with van der Waals surface area (Å²) >= 11 is 0. The van der Waals surface area contributed by atoms with Crippen molar-refractivity contribution >= 4 is 11.8 Å². The molecule has 2 aliphatic heterocycles. The fourth-order valence-corrected chi connectivity index (χ4v) is 3.65. The fraction of sp³-hybridized carbons (Fsp3) is 0.562. The third kappa shape index (κ3) is 2.32. The van der Waals surface area contributed by atoms with Crippen molar-refractivity contribution in [3.05, 3.63) is 30.6 Å². The quantitative estimate of drug-likeness (QED) is 0.785. The first-order chi connectivity index (χ1) is 10.6. The summed E-state index contributed by atoms with van der Waals surface area (Å²) in [6.45, 7) is 6.29. The second-order valence-corrected chi connectivity index (χ2v) is 6.24. The molecular formula is C16H22N4O2. The highest BCUT2D eigenvalue weighted by Crippen LogP contribution is 2.40. The smallest absolute Gasteiger partial charge is 0.272 e. The SMILES string of the molecule is C=CCN1CCC2(CCCN(C(=O)c3ccnn3C)C2)C1=O. The molecule has 0 N–H and O–H groups in total. The van der Waals surface area contributed by atoms with Gasteiger partial charge in [-0.05, 0) is 25.3 Å². The number of hydrogen-bond acceptors (Lipinski definition) is 3. The van der Waals surface area contributed by atoms with Crippen LogP contribution >= 0.6 is 0 Å². The first-order valence-electron chi connectivity index (χ1n) is 7.75. The maximum atomic E-state index is 12.7. The molecule has 6 heteroatoms. The van der Waals surface area contributed by atoms with Gasteiger partial charge in [-0.25, -0.2) is 0 Å². The predicted octanol–water partition coefficient (Wildman–Crippen LogP) is 1.06. The van der Waals surface area contributed by atoms with Crippen LogP contribution in [-0.4, -0.2) is 57.6 Å². The van der Waals surface area contributed by atoms with E-state index >= 15 is 0 Å². The lowest BCUT2D eigenvalue weighted by Gasteiger charge is -2.39. The van der Waals surface area contributed by atoms with Gasteiger partial charge in [-0.15, -0.1) is 6.58 Å². The van der Waals surface area contributed by atoms with Gasteiger partial charge in [-0.3, -0.25) is 14.3 Å². The Balaban J connectivity index is 1.77. The van der Waals surface area contributed by atoms with E-state index in [1.165, 1.54) is 0 Å². The topological polar surface area (TPSA) is 58.4 Å². The van der Waals surface area contributed by atoms with E-state index in [-0.39, 0.29) is 11.8 Å². The van der Waals surface area contributed by atoms with Gasteiger partial charge in [0.15, 0.2) is 0 Å². The van der Waals surface area contributed by atoms with E-state index in [0.717, 1.165) is 25.8 Å². The molecule has 22 heavy (non-hydrogen) atoms. The summed E-state index contributed by atoms with van der Waals surface area (Å²) in [5, 5.41) is 4.06. The molecule has 0 aromatic carbocycles. The summed E-state index contributed by atoms with van der Waals surface area (Å²) in [4.78, 5) is 29.0. The number of aromatic nitrogens is 2. The van der Waals surface area contributed by atoms with Gasteiger partial charge >= 0.3 is 0 Å². The molecule has 0 aliphatic carbocycles. The Morgan fingerprint density at radius 3 is 2.95 bits per heavy atom. The maximum Gasteiger partial charge on any atom is 0.272 e. The minimum atomic E-state index is -0.393. The van der Waals surface area contributed by atoms with Crippen LogP contribution in [0.5, 0.6) is 0 Å². The Bertz CT molecular complexity index is 609. The number of carbonyl (C=O) groups is 2. The van der Waals surface area contributed by atoms with Gasteiger partial charge in [0.2, 0.25) is 5.91 Å². The van der Waals surface area contributed by atoms with Crippen molar-refractivity contribution in [3.8, 4) is 0 Å². The third-order valence-electron chi connectivity index (χ3n) is 4.85. The van der Waals surface area contributed by atoms with Crippen LogP contribution in [0.4, 0.5) is 0 Å². The zero-order valence-corrected chi connectivity index (χ0v) is 13.0. The summed E-state index contributed by atoms with van der Waals surface area (Å²) in [6, 6.07) is 1.73. The molecular weight excluding hydrogens is 280 g/mol. The molecule has 0 bridgehead atoms. The number of hydrogen-bond donors (Lipinski definition) is 0. The zero-order chi connectivity index (χ0) is 15.7. The van der Waals surface area contributed by atoms with Crippen LogP contribution in [0.3, 0.4) is 0 Å². The number of carbonyl (C=O) groups excluding carboxylic acids is 2. The van der Waals surface area contributed by atoms with Crippen LogP contribution in [0.2, 0.25) is 0 Å². The molecule has 1 spiro atoms. The van der Waals surface area contributed by atoms with E-state index < -0.39 is 5.41 Å². The molecule has 0 saturated carbocycles. The number of likely N-dealkylation sites (tertiary alicyclic amines) is 2. The standard InChI is InChI=1S/C16H22N4O2/c1-3-9-19-11-7-16(15(19)22)6-4-10-20(12-16)14(21)13-5-8-17-18(13)2/h3,5,8H,1,4,6-7,9-12H2,2H3.